The van der Waals surface area contributed by atoms with Crippen LogP contribution in [0.15, 0.2) is 36.4 Å². The van der Waals surface area contributed by atoms with Gasteiger partial charge in [0, 0.05) is 19.1 Å². The number of alkyl halides is 6. The van der Waals surface area contributed by atoms with Gasteiger partial charge in [0.2, 0.25) is 0 Å². The van der Waals surface area contributed by atoms with Crippen LogP contribution in [-0.4, -0.2) is 42.8 Å². The Bertz CT molecular complexity index is 1010. The molecule has 200 valence electrons. The number of carboxylic acid groups (broad SMARTS) is 1. The molecular formula is C24H28F7N3O2. The van der Waals surface area contributed by atoms with E-state index in [0.29, 0.717) is 13.1 Å². The molecule has 1 saturated heterocycles. The van der Waals surface area contributed by atoms with Crippen LogP contribution in [0.5, 0.6) is 0 Å². The Kier molecular flexibility index (Phi) is 9.72. The van der Waals surface area contributed by atoms with Crippen molar-refractivity contribution in [3.05, 3.63) is 70.0 Å². The van der Waals surface area contributed by atoms with Gasteiger partial charge in [0.05, 0.1) is 17.2 Å². The third kappa shape index (κ3) is 7.82. The van der Waals surface area contributed by atoms with E-state index in [1.165, 1.54) is 31.0 Å². The quantitative estimate of drug-likeness (QED) is 0.422. The van der Waals surface area contributed by atoms with Crippen molar-refractivity contribution in [3.8, 4) is 0 Å². The van der Waals surface area contributed by atoms with Gasteiger partial charge in [0.25, 0.3) is 0 Å². The van der Waals surface area contributed by atoms with Gasteiger partial charge in [-0.25, -0.2) is 9.18 Å². The molecule has 0 unspecified atom stereocenters. The zero-order chi connectivity index (χ0) is 27.3. The van der Waals surface area contributed by atoms with Crippen molar-refractivity contribution in [2.45, 2.75) is 44.7 Å². The largest absolute Gasteiger partial charge is 0.465 e. The summed E-state index contributed by atoms with van der Waals surface area (Å²) >= 11 is 0. The number of hydrogen-bond donors (Lipinski definition) is 3. The van der Waals surface area contributed by atoms with E-state index < -0.39 is 35.6 Å². The Morgan fingerprint density at radius 2 is 1.67 bits per heavy atom. The van der Waals surface area contributed by atoms with Crippen LogP contribution in [-0.2, 0) is 12.4 Å². The SMILES string of the molecule is CN[C@H](C)c1cc(C(F)(F)F)cc(C(F)(F)F)c1.Cc1cc(F)ccc1[C@H]1CNCCCN1C(=O)O. The molecule has 0 aromatic heterocycles. The number of hydrogen-bond acceptors (Lipinski definition) is 3. The Morgan fingerprint density at radius 3 is 2.14 bits per heavy atom. The maximum atomic E-state index is 13.1. The third-order valence-electron chi connectivity index (χ3n) is 5.85. The first kappa shape index (κ1) is 29.4. The molecule has 0 spiro atoms. The van der Waals surface area contributed by atoms with Gasteiger partial charge in [-0.05, 0) is 80.9 Å². The summed E-state index contributed by atoms with van der Waals surface area (Å²) < 4.78 is 88.2. The summed E-state index contributed by atoms with van der Waals surface area (Å²) in [5, 5.41) is 15.1. The van der Waals surface area contributed by atoms with Crippen molar-refractivity contribution in [2.24, 2.45) is 0 Å². The molecule has 0 bridgehead atoms. The lowest BCUT2D eigenvalue weighted by atomic mass is 10.00. The maximum Gasteiger partial charge on any atom is 0.416 e. The van der Waals surface area contributed by atoms with E-state index in [1.807, 2.05) is 6.92 Å². The standard InChI is InChI=1S/C13H17FN2O2.C11H11F6N/c1-9-7-10(14)3-4-11(9)12-8-15-5-2-6-16(12)13(17)18;1-6(18-2)7-3-8(10(12,13)14)5-9(4-7)11(15,16)17/h3-4,7,12,15H,2,5-6,8H2,1H3,(H,17,18);3-6,18H,1-2H3/t12-;6-/m11/s1. The molecule has 2 aromatic rings. The smallest absolute Gasteiger partial charge is 0.416 e. The fourth-order valence-electron chi connectivity index (χ4n) is 3.79. The first-order chi connectivity index (χ1) is 16.6. The zero-order valence-corrected chi connectivity index (χ0v) is 19.9. The molecule has 0 radical (unpaired) electrons. The molecule has 1 aliphatic rings. The second kappa shape index (κ2) is 11.9. The number of aryl methyl sites for hydroxylation is 1. The van der Waals surface area contributed by atoms with Crippen molar-refractivity contribution >= 4 is 6.09 Å². The zero-order valence-electron chi connectivity index (χ0n) is 19.9. The second-order valence-corrected chi connectivity index (χ2v) is 8.40. The van der Waals surface area contributed by atoms with E-state index in [-0.39, 0.29) is 23.5 Å². The summed E-state index contributed by atoms with van der Waals surface area (Å²) in [6.45, 7) is 5.17. The van der Waals surface area contributed by atoms with Gasteiger partial charge < -0.3 is 15.7 Å². The van der Waals surface area contributed by atoms with Crippen LogP contribution in [0, 0.1) is 12.7 Å². The highest BCUT2D eigenvalue weighted by Crippen LogP contribution is 2.37. The molecule has 0 aliphatic carbocycles. The first-order valence-electron chi connectivity index (χ1n) is 11.1. The van der Waals surface area contributed by atoms with Gasteiger partial charge in [-0.2, -0.15) is 26.3 Å². The first-order valence-corrected chi connectivity index (χ1v) is 11.1. The highest BCUT2D eigenvalue weighted by atomic mass is 19.4. The number of benzene rings is 2. The highest BCUT2D eigenvalue weighted by Gasteiger charge is 2.37. The summed E-state index contributed by atoms with van der Waals surface area (Å²) in [7, 11) is 1.46. The fraction of sp³-hybridized carbons (Fsp3) is 0.458. The Hall–Kier alpha value is -2.86. The molecule has 3 N–H and O–H groups in total. The average Bonchev–Trinajstić information content (AvgIpc) is 3.04. The van der Waals surface area contributed by atoms with E-state index in [2.05, 4.69) is 10.6 Å². The summed E-state index contributed by atoms with van der Waals surface area (Å²) in [5.41, 5.74) is -0.994. The maximum absolute atomic E-state index is 13.1. The molecule has 3 rings (SSSR count). The molecule has 5 nitrogen and oxygen atoms in total. The molecule has 1 aliphatic heterocycles. The monoisotopic (exact) mass is 523 g/mol. The van der Waals surface area contributed by atoms with Crippen molar-refractivity contribution in [2.75, 3.05) is 26.7 Å². The summed E-state index contributed by atoms with van der Waals surface area (Å²) in [4.78, 5) is 12.7. The van der Waals surface area contributed by atoms with Crippen LogP contribution in [0.1, 0.15) is 53.2 Å². The molecule has 1 heterocycles. The van der Waals surface area contributed by atoms with E-state index in [1.54, 1.807) is 6.07 Å². The number of halogens is 7. The van der Waals surface area contributed by atoms with E-state index in [9.17, 15) is 40.6 Å². The minimum atomic E-state index is -4.80. The van der Waals surface area contributed by atoms with Gasteiger partial charge in [-0.3, -0.25) is 4.90 Å². The Balaban J connectivity index is 0.000000254. The predicted molar refractivity (Wildman–Crippen MR) is 120 cm³/mol. The van der Waals surface area contributed by atoms with Crippen molar-refractivity contribution in [1.82, 2.24) is 15.5 Å². The summed E-state index contributed by atoms with van der Waals surface area (Å²) in [6.07, 6.45) is -9.73. The molecule has 2 atom stereocenters. The number of rotatable bonds is 3. The van der Waals surface area contributed by atoms with Gasteiger partial charge in [-0.1, -0.05) is 6.07 Å². The lowest BCUT2D eigenvalue weighted by Gasteiger charge is -2.28. The highest BCUT2D eigenvalue weighted by molar-refractivity contribution is 5.66. The van der Waals surface area contributed by atoms with Crippen LogP contribution >= 0.6 is 0 Å². The van der Waals surface area contributed by atoms with Crippen LogP contribution in [0.2, 0.25) is 0 Å². The van der Waals surface area contributed by atoms with Crippen LogP contribution in [0.4, 0.5) is 35.5 Å². The van der Waals surface area contributed by atoms with E-state index >= 15 is 0 Å². The van der Waals surface area contributed by atoms with Gasteiger partial charge >= 0.3 is 18.4 Å². The lowest BCUT2D eigenvalue weighted by molar-refractivity contribution is -0.143. The lowest BCUT2D eigenvalue weighted by Crippen LogP contribution is -2.36. The minimum absolute atomic E-state index is 0.0559. The van der Waals surface area contributed by atoms with Gasteiger partial charge in [0.15, 0.2) is 0 Å². The summed E-state index contributed by atoms with van der Waals surface area (Å²) in [5.74, 6) is -0.292. The van der Waals surface area contributed by atoms with E-state index in [0.717, 1.165) is 36.2 Å². The van der Waals surface area contributed by atoms with Crippen LogP contribution in [0.3, 0.4) is 0 Å². The summed E-state index contributed by atoms with van der Waals surface area (Å²) in [6, 6.07) is 5.21. The van der Waals surface area contributed by atoms with Crippen molar-refractivity contribution in [3.63, 3.8) is 0 Å². The molecule has 1 fully saturated rings. The molecular weight excluding hydrogens is 495 g/mol. The van der Waals surface area contributed by atoms with E-state index in [4.69, 9.17) is 0 Å². The molecule has 36 heavy (non-hydrogen) atoms. The average molecular weight is 523 g/mol. The molecule has 1 amide bonds. The fourth-order valence-corrected chi connectivity index (χ4v) is 3.79. The number of carbonyl (C=O) groups is 1. The minimum Gasteiger partial charge on any atom is -0.465 e. The molecule has 12 heteroatoms. The van der Waals surface area contributed by atoms with Gasteiger partial charge in [0.1, 0.15) is 5.82 Å². The topological polar surface area (TPSA) is 64.6 Å². The Labute approximate surface area is 204 Å². The third-order valence-corrected chi connectivity index (χ3v) is 5.85. The normalized spacial score (nSPS) is 17.6. The molecule has 0 saturated carbocycles. The van der Waals surface area contributed by atoms with Crippen LogP contribution in [0.25, 0.3) is 0 Å². The predicted octanol–water partition coefficient (Wildman–Crippen LogP) is 6.15. The number of nitrogens with zero attached hydrogens (tertiary/aromatic N) is 1. The molecule has 2 aromatic carbocycles. The van der Waals surface area contributed by atoms with Crippen molar-refractivity contribution < 1.29 is 40.6 Å². The van der Waals surface area contributed by atoms with Crippen molar-refractivity contribution in [1.29, 1.82) is 0 Å². The number of amides is 1. The van der Waals surface area contributed by atoms with Gasteiger partial charge in [-0.15, -0.1) is 0 Å². The Morgan fingerprint density at radius 1 is 1.08 bits per heavy atom. The number of nitrogens with one attached hydrogen (secondary N) is 2. The second-order valence-electron chi connectivity index (χ2n) is 8.40. The van der Waals surface area contributed by atoms with Crippen LogP contribution < -0.4 is 10.6 Å².